The van der Waals surface area contributed by atoms with Gasteiger partial charge in [0.15, 0.2) is 5.82 Å². The molecule has 0 fully saturated rings. The molecule has 1 heterocycles. The van der Waals surface area contributed by atoms with Gasteiger partial charge >= 0.3 is 0 Å². The minimum Gasteiger partial charge on any atom is -0.328 e. The summed E-state index contributed by atoms with van der Waals surface area (Å²) in [7, 11) is 1.96. The van der Waals surface area contributed by atoms with E-state index in [-0.39, 0.29) is 5.28 Å². The van der Waals surface area contributed by atoms with E-state index >= 15 is 0 Å². The van der Waals surface area contributed by atoms with E-state index in [4.69, 9.17) is 11.6 Å². The third-order valence-electron chi connectivity index (χ3n) is 2.61. The van der Waals surface area contributed by atoms with E-state index in [1.54, 1.807) is 6.20 Å². The number of aryl methyl sites for hydroxylation is 2. The zero-order chi connectivity index (χ0) is 13.3. The molecular formula is C13H13BrClN3. The molecule has 0 N–H and O–H groups in total. The average Bonchev–Trinajstić information content (AvgIpc) is 2.30. The van der Waals surface area contributed by atoms with Gasteiger partial charge in [-0.15, -0.1) is 0 Å². The quantitative estimate of drug-likeness (QED) is 0.771. The lowest BCUT2D eigenvalue weighted by molar-refractivity contribution is 1.06. The largest absolute Gasteiger partial charge is 0.328 e. The lowest BCUT2D eigenvalue weighted by Crippen LogP contribution is -2.12. The van der Waals surface area contributed by atoms with Gasteiger partial charge < -0.3 is 4.90 Å². The first-order valence-corrected chi connectivity index (χ1v) is 6.64. The van der Waals surface area contributed by atoms with E-state index in [9.17, 15) is 0 Å². The molecule has 2 rings (SSSR count). The molecule has 0 radical (unpaired) electrons. The van der Waals surface area contributed by atoms with Gasteiger partial charge in [0.05, 0.1) is 4.47 Å². The minimum atomic E-state index is 0.240. The maximum Gasteiger partial charge on any atom is 0.224 e. The number of benzene rings is 1. The predicted octanol–water partition coefficient (Wildman–Crippen LogP) is 4.28. The molecule has 2 aromatic rings. The van der Waals surface area contributed by atoms with E-state index in [2.05, 4.69) is 57.9 Å². The highest BCUT2D eigenvalue weighted by Gasteiger charge is 2.11. The molecule has 18 heavy (non-hydrogen) atoms. The summed E-state index contributed by atoms with van der Waals surface area (Å²) in [6.45, 7) is 4.15. The Bertz CT molecular complexity index is 566. The summed E-state index contributed by atoms with van der Waals surface area (Å²) in [5, 5.41) is 0.240. The van der Waals surface area contributed by atoms with E-state index in [1.807, 2.05) is 11.9 Å². The summed E-state index contributed by atoms with van der Waals surface area (Å²) in [6.07, 6.45) is 1.66. The summed E-state index contributed by atoms with van der Waals surface area (Å²) in [5.74, 6) is 0.750. The molecule has 0 saturated carbocycles. The Labute approximate surface area is 120 Å². The Morgan fingerprint density at radius 2 is 1.78 bits per heavy atom. The van der Waals surface area contributed by atoms with Crippen LogP contribution < -0.4 is 4.90 Å². The summed E-state index contributed by atoms with van der Waals surface area (Å²) >= 11 is 9.28. The van der Waals surface area contributed by atoms with Crippen molar-refractivity contribution in [3.8, 4) is 0 Å². The molecular weight excluding hydrogens is 314 g/mol. The van der Waals surface area contributed by atoms with Crippen molar-refractivity contribution in [2.45, 2.75) is 13.8 Å². The molecule has 0 atom stereocenters. The number of aromatic nitrogens is 2. The monoisotopic (exact) mass is 325 g/mol. The Balaban J connectivity index is 2.47. The van der Waals surface area contributed by atoms with E-state index in [1.165, 1.54) is 11.1 Å². The van der Waals surface area contributed by atoms with Crippen LogP contribution in [-0.2, 0) is 0 Å². The highest BCUT2D eigenvalue weighted by molar-refractivity contribution is 9.10. The number of anilines is 2. The van der Waals surface area contributed by atoms with Crippen molar-refractivity contribution in [2.24, 2.45) is 0 Å². The molecule has 0 spiro atoms. The number of halogens is 2. The molecule has 0 bridgehead atoms. The maximum atomic E-state index is 5.84. The van der Waals surface area contributed by atoms with Crippen LogP contribution >= 0.6 is 27.5 Å². The van der Waals surface area contributed by atoms with Crippen molar-refractivity contribution in [3.05, 3.63) is 45.3 Å². The van der Waals surface area contributed by atoms with Crippen molar-refractivity contribution in [3.63, 3.8) is 0 Å². The standard InChI is InChI=1S/C13H13BrClN3/c1-8-4-9(2)6-10(5-8)18(3)12-11(14)7-16-13(15)17-12/h4-7H,1-3H3. The zero-order valence-corrected chi connectivity index (χ0v) is 12.7. The first-order valence-electron chi connectivity index (χ1n) is 5.47. The summed E-state index contributed by atoms with van der Waals surface area (Å²) in [6, 6.07) is 6.35. The third-order valence-corrected chi connectivity index (χ3v) is 3.35. The molecule has 1 aromatic heterocycles. The molecule has 0 aliphatic heterocycles. The van der Waals surface area contributed by atoms with Crippen molar-refractivity contribution < 1.29 is 0 Å². The van der Waals surface area contributed by atoms with Gasteiger partial charge in [-0.3, -0.25) is 0 Å². The SMILES string of the molecule is Cc1cc(C)cc(N(C)c2nc(Cl)ncc2Br)c1. The lowest BCUT2D eigenvalue weighted by Gasteiger charge is -2.20. The van der Waals surface area contributed by atoms with Gasteiger partial charge in [0.25, 0.3) is 0 Å². The second-order valence-corrected chi connectivity index (χ2v) is 5.41. The Hall–Kier alpha value is -1.13. The summed E-state index contributed by atoms with van der Waals surface area (Å²) in [5.41, 5.74) is 3.50. The molecule has 1 aromatic carbocycles. The first kappa shape index (κ1) is 13.3. The molecule has 0 saturated heterocycles. The van der Waals surface area contributed by atoms with Crippen LogP contribution in [0.25, 0.3) is 0 Å². The van der Waals surface area contributed by atoms with Crippen LogP contribution in [0, 0.1) is 13.8 Å². The number of rotatable bonds is 2. The minimum absolute atomic E-state index is 0.240. The first-order chi connectivity index (χ1) is 8.47. The van der Waals surface area contributed by atoms with Crippen LogP contribution in [0.1, 0.15) is 11.1 Å². The fourth-order valence-electron chi connectivity index (χ4n) is 1.84. The number of nitrogens with zero attached hydrogens (tertiary/aromatic N) is 3. The molecule has 94 valence electrons. The van der Waals surface area contributed by atoms with Crippen molar-refractivity contribution in [2.75, 3.05) is 11.9 Å². The Kier molecular flexibility index (Phi) is 3.88. The topological polar surface area (TPSA) is 29.0 Å². The summed E-state index contributed by atoms with van der Waals surface area (Å²) < 4.78 is 0.813. The molecule has 5 heteroatoms. The van der Waals surface area contributed by atoms with Gasteiger partial charge in [-0.2, -0.15) is 4.98 Å². The van der Waals surface area contributed by atoms with Crippen LogP contribution in [-0.4, -0.2) is 17.0 Å². The van der Waals surface area contributed by atoms with Crippen LogP contribution in [0.2, 0.25) is 5.28 Å². The fourth-order valence-corrected chi connectivity index (χ4v) is 2.42. The van der Waals surface area contributed by atoms with Crippen LogP contribution in [0.3, 0.4) is 0 Å². The third kappa shape index (κ3) is 2.82. The van der Waals surface area contributed by atoms with E-state index < -0.39 is 0 Å². The molecule has 3 nitrogen and oxygen atoms in total. The Morgan fingerprint density at radius 3 is 2.39 bits per heavy atom. The molecule has 0 aliphatic carbocycles. The molecule has 0 unspecified atom stereocenters. The van der Waals surface area contributed by atoms with Crippen molar-refractivity contribution >= 4 is 39.0 Å². The smallest absolute Gasteiger partial charge is 0.224 e. The number of hydrogen-bond acceptors (Lipinski definition) is 3. The second-order valence-electron chi connectivity index (χ2n) is 4.22. The average molecular weight is 327 g/mol. The predicted molar refractivity (Wildman–Crippen MR) is 78.7 cm³/mol. The van der Waals surface area contributed by atoms with Gasteiger partial charge in [-0.25, -0.2) is 4.98 Å². The van der Waals surface area contributed by atoms with Crippen molar-refractivity contribution in [1.82, 2.24) is 9.97 Å². The Morgan fingerprint density at radius 1 is 1.17 bits per heavy atom. The van der Waals surface area contributed by atoms with Gasteiger partial charge in [-0.1, -0.05) is 6.07 Å². The van der Waals surface area contributed by atoms with Gasteiger partial charge in [0, 0.05) is 18.9 Å². The number of hydrogen-bond donors (Lipinski definition) is 0. The second kappa shape index (κ2) is 5.24. The summed E-state index contributed by atoms with van der Waals surface area (Å²) in [4.78, 5) is 10.2. The van der Waals surface area contributed by atoms with E-state index in [0.29, 0.717) is 0 Å². The highest BCUT2D eigenvalue weighted by Crippen LogP contribution is 2.30. The highest BCUT2D eigenvalue weighted by atomic mass is 79.9. The van der Waals surface area contributed by atoms with Crippen LogP contribution in [0.4, 0.5) is 11.5 Å². The normalized spacial score (nSPS) is 10.5. The molecule has 0 amide bonds. The molecule has 0 aliphatic rings. The van der Waals surface area contributed by atoms with Gasteiger partial charge in [-0.05, 0) is 64.6 Å². The van der Waals surface area contributed by atoms with Crippen LogP contribution in [0.15, 0.2) is 28.9 Å². The zero-order valence-electron chi connectivity index (χ0n) is 10.4. The van der Waals surface area contributed by atoms with Gasteiger partial charge in [0.1, 0.15) is 0 Å². The maximum absolute atomic E-state index is 5.84. The van der Waals surface area contributed by atoms with E-state index in [0.717, 1.165) is 16.0 Å². The lowest BCUT2D eigenvalue weighted by atomic mass is 10.1. The fraction of sp³-hybridized carbons (Fsp3) is 0.231. The van der Waals surface area contributed by atoms with Crippen LogP contribution in [0.5, 0.6) is 0 Å². The van der Waals surface area contributed by atoms with Crippen molar-refractivity contribution in [1.29, 1.82) is 0 Å². The van der Waals surface area contributed by atoms with Gasteiger partial charge in [0.2, 0.25) is 5.28 Å².